The van der Waals surface area contributed by atoms with E-state index < -0.39 is 28.5 Å². The summed E-state index contributed by atoms with van der Waals surface area (Å²) in [4.78, 5) is 28.4. The van der Waals surface area contributed by atoms with Gasteiger partial charge in [0.05, 0.1) is 10.6 Å². The summed E-state index contributed by atoms with van der Waals surface area (Å²) in [6, 6.07) is 5.93. The molecule has 3 N–H and O–H groups in total. The Morgan fingerprint density at radius 2 is 2.04 bits per heavy atom. The van der Waals surface area contributed by atoms with Crippen LogP contribution in [0.2, 0.25) is 0 Å². The minimum atomic E-state index is -3.93. The predicted molar refractivity (Wildman–Crippen MR) is 99.2 cm³/mol. The number of esters is 1. The zero-order valence-corrected chi connectivity index (χ0v) is 15.9. The number of amides is 1. The van der Waals surface area contributed by atoms with Crippen molar-refractivity contribution in [1.29, 1.82) is 0 Å². The molecular formula is C17H17N5O5S. The van der Waals surface area contributed by atoms with Crippen molar-refractivity contribution < 1.29 is 22.7 Å². The first-order chi connectivity index (χ1) is 13.2. The fourth-order valence-corrected chi connectivity index (χ4v) is 3.43. The molecule has 2 heterocycles. The number of nitrogens with zero attached hydrogens (tertiary/aromatic N) is 3. The van der Waals surface area contributed by atoms with E-state index in [9.17, 15) is 18.0 Å². The molecule has 0 aliphatic carbocycles. The molecule has 0 unspecified atom stereocenters. The summed E-state index contributed by atoms with van der Waals surface area (Å²) in [5.41, 5.74) is 1.56. The number of anilines is 1. The molecular weight excluding hydrogens is 386 g/mol. The number of benzene rings is 1. The maximum Gasteiger partial charge on any atom is 0.344 e. The standard InChI is InChI=1S/C17H17N5O5S/c1-10-4-5-12(8-13(10)28(18,25)26)20-14(23)9-27-17(24)15-11(2)21-22-7-3-6-19-16(15)22/h3-8H,9H2,1-2H3,(H,20,23)(H2,18,25,26). The average molecular weight is 403 g/mol. The minimum Gasteiger partial charge on any atom is -0.452 e. The second-order valence-corrected chi connectivity index (χ2v) is 7.53. The summed E-state index contributed by atoms with van der Waals surface area (Å²) in [5, 5.41) is 11.8. The number of sulfonamides is 1. The smallest absolute Gasteiger partial charge is 0.344 e. The number of aryl methyl sites for hydroxylation is 2. The lowest BCUT2D eigenvalue weighted by atomic mass is 10.2. The molecule has 3 aromatic rings. The molecule has 0 spiro atoms. The molecule has 0 saturated heterocycles. The van der Waals surface area contributed by atoms with E-state index in [2.05, 4.69) is 15.4 Å². The van der Waals surface area contributed by atoms with Crippen LogP contribution in [-0.4, -0.2) is 41.5 Å². The molecule has 1 aromatic carbocycles. The molecule has 0 aliphatic heterocycles. The van der Waals surface area contributed by atoms with Gasteiger partial charge >= 0.3 is 5.97 Å². The van der Waals surface area contributed by atoms with Gasteiger partial charge in [0.2, 0.25) is 10.0 Å². The van der Waals surface area contributed by atoms with E-state index in [1.165, 1.54) is 28.9 Å². The van der Waals surface area contributed by atoms with Crippen LogP contribution in [-0.2, 0) is 19.6 Å². The van der Waals surface area contributed by atoms with E-state index in [0.29, 0.717) is 16.9 Å². The summed E-state index contributed by atoms with van der Waals surface area (Å²) < 4.78 is 29.6. The van der Waals surface area contributed by atoms with Crippen LogP contribution in [0.5, 0.6) is 0 Å². The van der Waals surface area contributed by atoms with E-state index in [1.807, 2.05) is 0 Å². The largest absolute Gasteiger partial charge is 0.452 e. The van der Waals surface area contributed by atoms with E-state index in [1.54, 1.807) is 26.1 Å². The second-order valence-electron chi connectivity index (χ2n) is 6.00. The zero-order valence-electron chi connectivity index (χ0n) is 15.0. The summed E-state index contributed by atoms with van der Waals surface area (Å²) in [7, 11) is -3.93. The Bertz CT molecular complexity index is 1190. The normalized spacial score (nSPS) is 11.4. The number of hydrogen-bond acceptors (Lipinski definition) is 7. The third-order valence-corrected chi connectivity index (χ3v) is 4.94. The molecule has 0 atom stereocenters. The number of carbonyl (C=O) groups excluding carboxylic acids is 2. The van der Waals surface area contributed by atoms with Crippen molar-refractivity contribution in [3.8, 4) is 0 Å². The Morgan fingerprint density at radius 3 is 2.75 bits per heavy atom. The van der Waals surface area contributed by atoms with Crippen molar-refractivity contribution in [3.05, 3.63) is 53.5 Å². The molecule has 0 saturated carbocycles. The van der Waals surface area contributed by atoms with Gasteiger partial charge in [0.1, 0.15) is 5.56 Å². The number of rotatable bonds is 5. The molecule has 0 fully saturated rings. The quantitative estimate of drug-likeness (QED) is 0.599. The van der Waals surface area contributed by atoms with Crippen molar-refractivity contribution in [3.63, 3.8) is 0 Å². The molecule has 0 bridgehead atoms. The molecule has 146 valence electrons. The first kappa shape index (κ1) is 19.5. The van der Waals surface area contributed by atoms with Gasteiger partial charge < -0.3 is 10.1 Å². The Morgan fingerprint density at radius 1 is 1.29 bits per heavy atom. The molecule has 3 rings (SSSR count). The van der Waals surface area contributed by atoms with Gasteiger partial charge in [-0.2, -0.15) is 5.10 Å². The maximum absolute atomic E-state index is 12.3. The molecule has 0 aliphatic rings. The monoisotopic (exact) mass is 403 g/mol. The number of aromatic nitrogens is 3. The van der Waals surface area contributed by atoms with Crippen LogP contribution in [0.25, 0.3) is 5.65 Å². The summed E-state index contributed by atoms with van der Waals surface area (Å²) in [6.07, 6.45) is 3.15. The highest BCUT2D eigenvalue weighted by Gasteiger charge is 2.20. The van der Waals surface area contributed by atoms with Gasteiger partial charge in [0.15, 0.2) is 12.3 Å². The summed E-state index contributed by atoms with van der Waals surface area (Å²) in [5.74, 6) is -1.38. The van der Waals surface area contributed by atoms with E-state index >= 15 is 0 Å². The third-order valence-electron chi connectivity index (χ3n) is 3.89. The van der Waals surface area contributed by atoms with Crippen LogP contribution in [0.1, 0.15) is 21.6 Å². The lowest BCUT2D eigenvalue weighted by Crippen LogP contribution is -2.22. The van der Waals surface area contributed by atoms with Gasteiger partial charge in [-0.3, -0.25) is 4.79 Å². The number of nitrogens with one attached hydrogen (secondary N) is 1. The topological polar surface area (TPSA) is 146 Å². The first-order valence-electron chi connectivity index (χ1n) is 8.07. The van der Waals surface area contributed by atoms with Gasteiger partial charge in [0, 0.05) is 18.1 Å². The molecule has 28 heavy (non-hydrogen) atoms. The summed E-state index contributed by atoms with van der Waals surface area (Å²) >= 11 is 0. The highest BCUT2D eigenvalue weighted by Crippen LogP contribution is 2.19. The van der Waals surface area contributed by atoms with Crippen LogP contribution in [0.3, 0.4) is 0 Å². The Kier molecular flexibility index (Phi) is 5.12. The van der Waals surface area contributed by atoms with Crippen molar-refractivity contribution in [2.75, 3.05) is 11.9 Å². The van der Waals surface area contributed by atoms with Crippen molar-refractivity contribution in [2.24, 2.45) is 5.14 Å². The number of fused-ring (bicyclic) bond motifs is 1. The van der Waals surface area contributed by atoms with Gasteiger partial charge in [-0.25, -0.2) is 27.9 Å². The highest BCUT2D eigenvalue weighted by molar-refractivity contribution is 7.89. The van der Waals surface area contributed by atoms with Crippen LogP contribution >= 0.6 is 0 Å². The van der Waals surface area contributed by atoms with E-state index in [-0.39, 0.29) is 16.1 Å². The Hall–Kier alpha value is -3.31. The number of primary sulfonamides is 1. The average Bonchev–Trinajstić information content (AvgIpc) is 2.96. The van der Waals surface area contributed by atoms with E-state index in [0.717, 1.165) is 0 Å². The molecule has 2 aromatic heterocycles. The lowest BCUT2D eigenvalue weighted by molar-refractivity contribution is -0.119. The lowest BCUT2D eigenvalue weighted by Gasteiger charge is -2.09. The van der Waals surface area contributed by atoms with Crippen LogP contribution in [0.15, 0.2) is 41.6 Å². The number of hydrogen-bond donors (Lipinski definition) is 2. The fraction of sp³-hybridized carbons (Fsp3) is 0.176. The minimum absolute atomic E-state index is 0.102. The highest BCUT2D eigenvalue weighted by atomic mass is 32.2. The molecule has 10 nitrogen and oxygen atoms in total. The number of ether oxygens (including phenoxy) is 1. The van der Waals surface area contributed by atoms with Gasteiger partial charge in [-0.05, 0) is 37.6 Å². The second kappa shape index (κ2) is 7.37. The third kappa shape index (κ3) is 4.00. The van der Waals surface area contributed by atoms with E-state index in [4.69, 9.17) is 9.88 Å². The van der Waals surface area contributed by atoms with Gasteiger partial charge in [-0.1, -0.05) is 6.07 Å². The summed E-state index contributed by atoms with van der Waals surface area (Å²) in [6.45, 7) is 2.65. The fourth-order valence-electron chi connectivity index (χ4n) is 2.62. The maximum atomic E-state index is 12.3. The first-order valence-corrected chi connectivity index (χ1v) is 9.62. The van der Waals surface area contributed by atoms with Crippen LogP contribution < -0.4 is 10.5 Å². The Labute approximate surface area is 160 Å². The zero-order chi connectivity index (χ0) is 20.5. The van der Waals surface area contributed by atoms with Crippen LogP contribution in [0.4, 0.5) is 5.69 Å². The molecule has 1 amide bonds. The molecule has 0 radical (unpaired) electrons. The molecule has 11 heteroatoms. The number of carbonyl (C=O) groups is 2. The van der Waals surface area contributed by atoms with Gasteiger partial charge in [-0.15, -0.1) is 0 Å². The number of nitrogens with two attached hydrogens (primary N) is 1. The van der Waals surface area contributed by atoms with Crippen molar-refractivity contribution in [1.82, 2.24) is 14.6 Å². The van der Waals surface area contributed by atoms with Crippen molar-refractivity contribution in [2.45, 2.75) is 18.7 Å². The van der Waals surface area contributed by atoms with Crippen molar-refractivity contribution >= 4 is 33.2 Å². The van der Waals surface area contributed by atoms with Crippen LogP contribution in [0, 0.1) is 13.8 Å². The Balaban J connectivity index is 1.69. The SMILES string of the molecule is Cc1ccc(NC(=O)COC(=O)c2c(C)nn3cccnc23)cc1S(N)(=O)=O. The predicted octanol–water partition coefficient (Wildman–Crippen LogP) is 0.789. The van der Waals surface area contributed by atoms with Gasteiger partial charge in [0.25, 0.3) is 5.91 Å².